The molecule has 1 aromatic heterocycles. The normalized spacial score (nSPS) is 23.4. The molecule has 40 heavy (non-hydrogen) atoms. The van der Waals surface area contributed by atoms with Crippen LogP contribution >= 0.6 is 34.9 Å². The van der Waals surface area contributed by atoms with E-state index in [0.717, 1.165) is 33.3 Å². The summed E-state index contributed by atoms with van der Waals surface area (Å²) in [7, 11) is 2.53. The molecule has 4 N–H and O–H groups in total. The van der Waals surface area contributed by atoms with Crippen molar-refractivity contribution in [3.63, 3.8) is 0 Å². The molecular formula is C23H27N7O7S3. The van der Waals surface area contributed by atoms with Gasteiger partial charge in [0.15, 0.2) is 9.33 Å². The van der Waals surface area contributed by atoms with Crippen molar-refractivity contribution in [1.82, 2.24) is 30.6 Å². The summed E-state index contributed by atoms with van der Waals surface area (Å²) < 4.78 is 0.460. The number of rotatable bonds is 7. The summed E-state index contributed by atoms with van der Waals surface area (Å²) in [6.07, 6.45) is 0.0628. The lowest BCUT2D eigenvalue weighted by molar-refractivity contribution is -0.158. The Balaban J connectivity index is 1.95. The van der Waals surface area contributed by atoms with Gasteiger partial charge >= 0.3 is 18.0 Å². The smallest absolute Gasteiger partial charge is 0.327 e. The molecule has 0 spiro atoms. The predicted octanol–water partition coefficient (Wildman–Crippen LogP) is 1.71. The summed E-state index contributed by atoms with van der Waals surface area (Å²) in [5, 5.41) is 34.0. The maximum absolute atomic E-state index is 13.5. The van der Waals surface area contributed by atoms with Crippen LogP contribution in [0.5, 0.6) is 5.75 Å². The molecule has 2 aliphatic rings. The number of amides is 6. The lowest BCUT2D eigenvalue weighted by Gasteiger charge is -2.61. The van der Waals surface area contributed by atoms with E-state index in [2.05, 4.69) is 20.8 Å². The third-order valence-electron chi connectivity index (χ3n) is 6.61. The molecule has 2 saturated heterocycles. The molecule has 0 aliphatic carbocycles. The molecule has 3 heterocycles. The van der Waals surface area contributed by atoms with Gasteiger partial charge in [0.25, 0.3) is 0 Å². The van der Waals surface area contributed by atoms with Crippen LogP contribution in [-0.4, -0.2) is 96.8 Å². The molecule has 0 bridgehead atoms. The van der Waals surface area contributed by atoms with Crippen LogP contribution in [-0.2, 0) is 14.4 Å². The predicted molar refractivity (Wildman–Crippen MR) is 148 cm³/mol. The number of aromatic hydroxyl groups is 1. The van der Waals surface area contributed by atoms with Crippen molar-refractivity contribution in [3.05, 3.63) is 29.3 Å². The van der Waals surface area contributed by atoms with E-state index in [9.17, 15) is 34.2 Å². The number of imide groups is 1. The Kier molecular flexibility index (Phi) is 8.18. The number of carbonyl (C=O) groups excluding carboxylic acids is 4. The topological polar surface area (TPSA) is 185 Å². The Morgan fingerprint density at radius 2 is 1.88 bits per heavy atom. The van der Waals surface area contributed by atoms with E-state index in [0.29, 0.717) is 9.35 Å². The van der Waals surface area contributed by atoms with Crippen LogP contribution in [0.4, 0.5) is 15.3 Å². The average molecular weight is 610 g/mol. The Morgan fingerprint density at radius 3 is 2.40 bits per heavy atom. The highest BCUT2D eigenvalue weighted by atomic mass is 32.2. The first-order valence-electron chi connectivity index (χ1n) is 11.9. The van der Waals surface area contributed by atoms with Gasteiger partial charge in [0, 0.05) is 39.0 Å². The molecule has 6 amide bonds. The van der Waals surface area contributed by atoms with Gasteiger partial charge in [0.2, 0.25) is 11.8 Å². The fourth-order valence-corrected chi connectivity index (χ4v) is 8.56. The monoisotopic (exact) mass is 609 g/mol. The number of anilines is 1. The zero-order valence-corrected chi connectivity index (χ0v) is 24.4. The van der Waals surface area contributed by atoms with Gasteiger partial charge in [-0.25, -0.2) is 14.5 Å². The number of urea groups is 2. The van der Waals surface area contributed by atoms with Crippen molar-refractivity contribution < 1.29 is 34.2 Å². The van der Waals surface area contributed by atoms with Gasteiger partial charge in [-0.1, -0.05) is 34.9 Å². The summed E-state index contributed by atoms with van der Waals surface area (Å²) >= 11 is 3.25. The number of aryl methyl sites for hydroxylation is 1. The second-order valence-corrected chi connectivity index (χ2v) is 12.9. The molecule has 2 unspecified atom stereocenters. The fourth-order valence-electron chi connectivity index (χ4n) is 4.51. The standard InChI is InChI=1S/C23H27N7O7S3/c1-12-26-27-21(39-12)38-11-22(18(34)35)10-29-16(33)9-17(29)40-23(22,25-20(37)28(4)19(36)24-3)30(13(2)31)14-5-7-15(32)8-6-14/h5-8,17,32H,9-11H2,1-4H3,(H,24,36)(H,25,37)(H,34,35)/t17-,22?,23?/m1/s1. The Morgan fingerprint density at radius 1 is 1.20 bits per heavy atom. The lowest BCUT2D eigenvalue weighted by Crippen LogP contribution is -2.80. The molecule has 214 valence electrons. The molecule has 1 aromatic carbocycles. The van der Waals surface area contributed by atoms with E-state index in [1.165, 1.54) is 61.5 Å². The number of carboxylic acids is 1. The fraction of sp³-hybridized carbons (Fsp3) is 0.435. The number of nitrogens with one attached hydrogen (secondary N) is 2. The number of carboxylic acid groups (broad SMARTS) is 1. The summed E-state index contributed by atoms with van der Waals surface area (Å²) in [5.41, 5.74) is -1.83. The minimum atomic E-state index is -2.05. The number of aromatic nitrogens is 2. The number of benzene rings is 1. The van der Waals surface area contributed by atoms with E-state index in [1.807, 2.05) is 0 Å². The van der Waals surface area contributed by atoms with Gasteiger partial charge < -0.3 is 25.7 Å². The largest absolute Gasteiger partial charge is 0.508 e. The number of fused-ring (bicyclic) bond motifs is 1. The molecule has 14 nitrogen and oxygen atoms in total. The number of aliphatic carboxylic acids is 1. The van der Waals surface area contributed by atoms with Crippen molar-refractivity contribution in [3.8, 4) is 5.75 Å². The van der Waals surface area contributed by atoms with Gasteiger partial charge in [-0.3, -0.25) is 19.3 Å². The maximum Gasteiger partial charge on any atom is 0.327 e. The summed E-state index contributed by atoms with van der Waals surface area (Å²) in [4.78, 5) is 66.6. The molecule has 0 radical (unpaired) electrons. The molecule has 17 heteroatoms. The van der Waals surface area contributed by atoms with Crippen molar-refractivity contribution >= 4 is 70.4 Å². The quantitative estimate of drug-likeness (QED) is 0.203. The summed E-state index contributed by atoms with van der Waals surface area (Å²) in [6, 6.07) is 3.74. The Labute approximate surface area is 241 Å². The third kappa shape index (κ3) is 5.03. The van der Waals surface area contributed by atoms with Crippen LogP contribution in [0.2, 0.25) is 0 Å². The number of thioether (sulfide) groups is 2. The second-order valence-electron chi connectivity index (χ2n) is 9.12. The van der Waals surface area contributed by atoms with Gasteiger partial charge in [-0.15, -0.1) is 10.2 Å². The van der Waals surface area contributed by atoms with Crippen LogP contribution in [0.3, 0.4) is 0 Å². The average Bonchev–Trinajstić information content (AvgIpc) is 3.32. The molecule has 2 aromatic rings. The number of phenols is 1. The Hall–Kier alpha value is -3.57. The number of phenolic OH excluding ortho intramolecular Hbond substituents is 1. The number of hydrogen-bond donors (Lipinski definition) is 4. The maximum atomic E-state index is 13.5. The molecule has 2 fully saturated rings. The van der Waals surface area contributed by atoms with E-state index >= 15 is 0 Å². The number of β-lactam (4-membered cyclic amide) rings is 1. The number of carbonyl (C=O) groups is 5. The van der Waals surface area contributed by atoms with Gasteiger partial charge in [0.1, 0.15) is 16.2 Å². The molecular weight excluding hydrogens is 582 g/mol. The molecule has 0 saturated carbocycles. The van der Waals surface area contributed by atoms with Crippen molar-refractivity contribution in [2.75, 3.05) is 31.3 Å². The van der Waals surface area contributed by atoms with Gasteiger partial charge in [-0.05, 0) is 31.2 Å². The zero-order valence-electron chi connectivity index (χ0n) is 21.9. The van der Waals surface area contributed by atoms with Crippen LogP contribution < -0.4 is 15.5 Å². The van der Waals surface area contributed by atoms with E-state index in [-0.39, 0.29) is 36.1 Å². The lowest BCUT2D eigenvalue weighted by atomic mass is 9.82. The van der Waals surface area contributed by atoms with E-state index < -0.39 is 39.7 Å². The van der Waals surface area contributed by atoms with Gasteiger partial charge in [-0.2, -0.15) is 0 Å². The van der Waals surface area contributed by atoms with E-state index in [1.54, 1.807) is 6.92 Å². The summed E-state index contributed by atoms with van der Waals surface area (Å²) in [6.45, 7) is 2.63. The third-order valence-corrected chi connectivity index (χ3v) is 10.5. The number of nitrogens with zero attached hydrogens (tertiary/aromatic N) is 5. The van der Waals surface area contributed by atoms with Crippen LogP contribution in [0.25, 0.3) is 0 Å². The number of hydrogen-bond acceptors (Lipinski definition) is 11. The molecule has 2 aliphatic heterocycles. The highest BCUT2D eigenvalue weighted by Gasteiger charge is 2.70. The first kappa shape index (κ1) is 29.4. The van der Waals surface area contributed by atoms with Crippen LogP contribution in [0.15, 0.2) is 28.6 Å². The van der Waals surface area contributed by atoms with E-state index in [4.69, 9.17) is 0 Å². The van der Waals surface area contributed by atoms with Crippen LogP contribution in [0.1, 0.15) is 18.4 Å². The first-order valence-corrected chi connectivity index (χ1v) is 14.5. The van der Waals surface area contributed by atoms with Crippen molar-refractivity contribution in [2.45, 2.75) is 35.0 Å². The highest BCUT2D eigenvalue weighted by molar-refractivity contribution is 8.02. The first-order chi connectivity index (χ1) is 18.8. The molecule has 3 atom stereocenters. The minimum Gasteiger partial charge on any atom is -0.508 e. The molecule has 4 rings (SSSR count). The minimum absolute atomic E-state index is 0.0628. The highest BCUT2D eigenvalue weighted by Crippen LogP contribution is 2.57. The summed E-state index contributed by atoms with van der Waals surface area (Å²) in [5.74, 6) is -2.60. The van der Waals surface area contributed by atoms with Crippen LogP contribution in [0, 0.1) is 12.3 Å². The van der Waals surface area contributed by atoms with Gasteiger partial charge in [0.05, 0.1) is 11.8 Å². The van der Waals surface area contributed by atoms with Crippen molar-refractivity contribution in [1.29, 1.82) is 0 Å². The second kappa shape index (κ2) is 11.1. The Bertz CT molecular complexity index is 1360. The SMILES string of the molecule is CNC(=O)N(C)C(=O)NC1(N(C(C)=O)c2ccc(O)cc2)S[C@@H]2CC(=O)N2CC1(CSc1nnc(C)s1)C(=O)O. The zero-order chi connectivity index (χ0) is 29.4. The van der Waals surface area contributed by atoms with Crippen molar-refractivity contribution in [2.24, 2.45) is 5.41 Å².